The minimum Gasteiger partial charge on any atom is -0.381 e. The Morgan fingerprint density at radius 3 is 2.60 bits per heavy atom. The summed E-state index contributed by atoms with van der Waals surface area (Å²) >= 11 is 5.56. The lowest BCUT2D eigenvalue weighted by Gasteiger charge is -2.12. The number of hydrogen-bond donors (Lipinski definition) is 1. The van der Waals surface area contributed by atoms with Crippen LogP contribution < -0.4 is 5.32 Å². The lowest BCUT2D eigenvalue weighted by atomic mass is 10.1. The van der Waals surface area contributed by atoms with Gasteiger partial charge in [-0.05, 0) is 36.2 Å². The van der Waals surface area contributed by atoms with E-state index in [1.165, 1.54) is 12.1 Å². The van der Waals surface area contributed by atoms with Crippen LogP contribution in [0.3, 0.4) is 0 Å². The van der Waals surface area contributed by atoms with E-state index in [0.717, 1.165) is 17.2 Å². The second-order valence-corrected chi connectivity index (χ2v) is 4.82. The van der Waals surface area contributed by atoms with E-state index in [1.54, 1.807) is 12.4 Å². The third kappa shape index (κ3) is 3.63. The summed E-state index contributed by atoms with van der Waals surface area (Å²) in [6.07, 6.45) is -1.08. The Kier molecular flexibility index (Phi) is 4.18. The van der Waals surface area contributed by atoms with Gasteiger partial charge >= 0.3 is 6.18 Å². The summed E-state index contributed by atoms with van der Waals surface area (Å²) in [5.74, 6) is 0. The summed E-state index contributed by atoms with van der Waals surface area (Å²) in [5, 5.41) is 2.62. The predicted molar refractivity (Wildman–Crippen MR) is 72.8 cm³/mol. The molecule has 0 aliphatic carbocycles. The fourth-order valence-electron chi connectivity index (χ4n) is 1.77. The molecule has 0 radical (unpaired) electrons. The van der Waals surface area contributed by atoms with Crippen molar-refractivity contribution in [3.63, 3.8) is 0 Å². The zero-order valence-electron chi connectivity index (χ0n) is 10.6. The van der Waals surface area contributed by atoms with E-state index in [2.05, 4.69) is 10.3 Å². The first kappa shape index (κ1) is 14.7. The summed E-state index contributed by atoms with van der Waals surface area (Å²) in [5.41, 5.74) is 1.42. The first-order chi connectivity index (χ1) is 9.36. The van der Waals surface area contributed by atoms with Gasteiger partial charge in [-0.3, -0.25) is 4.98 Å². The third-order valence-corrected chi connectivity index (χ3v) is 3.03. The molecule has 20 heavy (non-hydrogen) atoms. The Labute approximate surface area is 119 Å². The van der Waals surface area contributed by atoms with Crippen LogP contribution in [0.5, 0.6) is 0 Å². The van der Waals surface area contributed by atoms with Crippen molar-refractivity contribution < 1.29 is 13.2 Å². The minimum atomic E-state index is -4.46. The molecule has 1 aromatic carbocycles. The molecule has 2 nitrogen and oxygen atoms in total. The molecule has 0 saturated carbocycles. The van der Waals surface area contributed by atoms with Gasteiger partial charge in [-0.2, -0.15) is 13.2 Å². The van der Waals surface area contributed by atoms with Gasteiger partial charge in [-0.1, -0.05) is 17.7 Å². The summed E-state index contributed by atoms with van der Waals surface area (Å²) in [4.78, 5) is 4.03. The van der Waals surface area contributed by atoms with Crippen LogP contribution in [-0.4, -0.2) is 4.98 Å². The molecule has 2 aromatic rings. The van der Waals surface area contributed by atoms with Gasteiger partial charge < -0.3 is 5.32 Å². The molecule has 1 heterocycles. The fourth-order valence-corrected chi connectivity index (χ4v) is 2.00. The molecule has 0 bridgehead atoms. The Balaban J connectivity index is 2.14. The molecular weight excluding hydrogens is 289 g/mol. The van der Waals surface area contributed by atoms with Gasteiger partial charge in [-0.25, -0.2) is 0 Å². The highest BCUT2D eigenvalue weighted by molar-refractivity contribution is 6.31. The second-order valence-electron chi connectivity index (χ2n) is 4.42. The van der Waals surface area contributed by atoms with Crippen molar-refractivity contribution in [1.82, 2.24) is 4.98 Å². The van der Waals surface area contributed by atoms with Crippen molar-refractivity contribution in [2.24, 2.45) is 0 Å². The molecule has 0 atom stereocenters. The minimum absolute atomic E-state index is 0.305. The van der Waals surface area contributed by atoms with Crippen molar-refractivity contribution in [2.75, 3.05) is 5.32 Å². The van der Waals surface area contributed by atoms with Crippen molar-refractivity contribution in [1.29, 1.82) is 0 Å². The number of nitrogens with one attached hydrogen (secondary N) is 1. The maximum absolute atomic E-state index is 12.7. The topological polar surface area (TPSA) is 24.9 Å². The first-order valence-electron chi connectivity index (χ1n) is 5.87. The Bertz CT molecular complexity index is 612. The van der Waals surface area contributed by atoms with Gasteiger partial charge in [0.25, 0.3) is 0 Å². The standard InChI is InChI=1S/C14H12ClF3N2/c1-9-4-10(7-19-6-9)8-20-11-2-3-13(15)12(5-11)14(16,17)18/h2-7,20H,8H2,1H3. The molecule has 0 amide bonds. The summed E-state index contributed by atoms with van der Waals surface area (Å²) in [7, 11) is 0. The largest absolute Gasteiger partial charge is 0.417 e. The normalized spacial score (nSPS) is 11.4. The van der Waals surface area contributed by atoms with Crippen molar-refractivity contribution in [2.45, 2.75) is 19.6 Å². The van der Waals surface area contributed by atoms with Crippen LogP contribution in [0.4, 0.5) is 18.9 Å². The van der Waals surface area contributed by atoms with Crippen molar-refractivity contribution in [3.05, 3.63) is 58.4 Å². The number of aryl methyl sites for hydroxylation is 1. The van der Waals surface area contributed by atoms with Gasteiger partial charge in [0, 0.05) is 24.6 Å². The van der Waals surface area contributed by atoms with Crippen molar-refractivity contribution >= 4 is 17.3 Å². The van der Waals surface area contributed by atoms with Crippen LogP contribution in [-0.2, 0) is 12.7 Å². The van der Waals surface area contributed by atoms with Crippen LogP contribution in [0.2, 0.25) is 5.02 Å². The van der Waals surface area contributed by atoms with Crippen LogP contribution >= 0.6 is 11.6 Å². The molecule has 0 saturated heterocycles. The fraction of sp³-hybridized carbons (Fsp3) is 0.214. The van der Waals surface area contributed by atoms with Gasteiger partial charge in [-0.15, -0.1) is 0 Å². The Morgan fingerprint density at radius 2 is 1.95 bits per heavy atom. The molecule has 0 unspecified atom stereocenters. The maximum Gasteiger partial charge on any atom is 0.417 e. The predicted octanol–water partition coefficient (Wildman–Crippen LogP) is 4.67. The summed E-state index contributed by atoms with van der Waals surface area (Å²) in [6.45, 7) is 2.30. The molecule has 1 N–H and O–H groups in total. The number of alkyl halides is 3. The highest BCUT2D eigenvalue weighted by atomic mass is 35.5. The number of anilines is 1. The number of aromatic nitrogens is 1. The molecule has 106 valence electrons. The van der Waals surface area contributed by atoms with E-state index >= 15 is 0 Å². The number of rotatable bonds is 3. The van der Waals surface area contributed by atoms with Gasteiger partial charge in [0.2, 0.25) is 0 Å². The number of pyridine rings is 1. The quantitative estimate of drug-likeness (QED) is 0.890. The molecule has 0 aliphatic heterocycles. The molecule has 1 aromatic heterocycles. The molecule has 6 heteroatoms. The average molecular weight is 301 g/mol. The third-order valence-electron chi connectivity index (χ3n) is 2.70. The lowest BCUT2D eigenvalue weighted by molar-refractivity contribution is -0.137. The van der Waals surface area contributed by atoms with E-state index in [9.17, 15) is 13.2 Å². The molecule has 0 spiro atoms. The van der Waals surface area contributed by atoms with E-state index in [1.807, 2.05) is 13.0 Å². The number of benzene rings is 1. The Morgan fingerprint density at radius 1 is 1.20 bits per heavy atom. The zero-order chi connectivity index (χ0) is 14.8. The number of halogens is 4. The van der Waals surface area contributed by atoms with Crippen LogP contribution in [0.1, 0.15) is 16.7 Å². The summed E-state index contributed by atoms with van der Waals surface area (Å²) < 4.78 is 38.2. The Hall–Kier alpha value is -1.75. The van der Waals surface area contributed by atoms with Crippen LogP contribution in [0.25, 0.3) is 0 Å². The number of nitrogens with zero attached hydrogens (tertiary/aromatic N) is 1. The lowest BCUT2D eigenvalue weighted by Crippen LogP contribution is -2.07. The van der Waals surface area contributed by atoms with E-state index in [0.29, 0.717) is 12.2 Å². The molecule has 0 aliphatic rings. The molecule has 2 rings (SSSR count). The highest BCUT2D eigenvalue weighted by Crippen LogP contribution is 2.36. The van der Waals surface area contributed by atoms with Gasteiger partial charge in [0.05, 0.1) is 10.6 Å². The van der Waals surface area contributed by atoms with Crippen molar-refractivity contribution in [3.8, 4) is 0 Å². The monoisotopic (exact) mass is 300 g/mol. The molecular formula is C14H12ClF3N2. The smallest absolute Gasteiger partial charge is 0.381 e. The van der Waals surface area contributed by atoms with E-state index in [-0.39, 0.29) is 5.02 Å². The van der Waals surface area contributed by atoms with Gasteiger partial charge in [0.1, 0.15) is 0 Å². The van der Waals surface area contributed by atoms with Gasteiger partial charge in [0.15, 0.2) is 0 Å². The summed E-state index contributed by atoms with van der Waals surface area (Å²) in [6, 6.07) is 5.67. The zero-order valence-corrected chi connectivity index (χ0v) is 11.4. The first-order valence-corrected chi connectivity index (χ1v) is 6.25. The van der Waals surface area contributed by atoms with E-state index < -0.39 is 11.7 Å². The SMILES string of the molecule is Cc1cncc(CNc2ccc(Cl)c(C(F)(F)F)c2)c1. The second kappa shape index (κ2) is 5.71. The maximum atomic E-state index is 12.7. The number of hydrogen-bond acceptors (Lipinski definition) is 2. The average Bonchev–Trinajstić information content (AvgIpc) is 2.36. The molecule has 0 fully saturated rings. The van der Waals surface area contributed by atoms with Crippen LogP contribution in [0.15, 0.2) is 36.7 Å². The highest BCUT2D eigenvalue weighted by Gasteiger charge is 2.33. The van der Waals surface area contributed by atoms with E-state index in [4.69, 9.17) is 11.6 Å². The van der Waals surface area contributed by atoms with Crippen LogP contribution in [0, 0.1) is 6.92 Å².